The quantitative estimate of drug-likeness (QED) is 0.769. The molecule has 0 bridgehead atoms. The zero-order chi connectivity index (χ0) is 13.0. The van der Waals surface area contributed by atoms with Gasteiger partial charge in [-0.3, -0.25) is 4.79 Å². The Morgan fingerprint density at radius 2 is 2.22 bits per heavy atom. The molecule has 1 aromatic carbocycles. The van der Waals surface area contributed by atoms with E-state index in [9.17, 15) is 4.79 Å². The van der Waals surface area contributed by atoms with Gasteiger partial charge in [-0.2, -0.15) is 0 Å². The summed E-state index contributed by atoms with van der Waals surface area (Å²) in [6, 6.07) is 7.80. The van der Waals surface area contributed by atoms with Crippen LogP contribution in [0.1, 0.15) is 30.1 Å². The number of nitrogens with one attached hydrogen (secondary N) is 1. The summed E-state index contributed by atoms with van der Waals surface area (Å²) in [5, 5.41) is 3.46. The fourth-order valence-corrected chi connectivity index (χ4v) is 1.74. The molecule has 4 heteroatoms. The van der Waals surface area contributed by atoms with E-state index in [1.807, 2.05) is 6.07 Å². The highest BCUT2D eigenvalue weighted by molar-refractivity contribution is 5.95. The van der Waals surface area contributed by atoms with Crippen molar-refractivity contribution in [3.8, 4) is 5.75 Å². The average molecular weight is 248 g/mol. The zero-order valence-electron chi connectivity index (χ0n) is 10.7. The van der Waals surface area contributed by atoms with Gasteiger partial charge in [-0.15, -0.1) is 0 Å². The number of carbonyl (C=O) groups excluding carboxylic acids is 1. The number of para-hydroxylation sites is 1. The van der Waals surface area contributed by atoms with Crippen LogP contribution in [0.4, 0.5) is 0 Å². The molecule has 4 nitrogen and oxygen atoms in total. The summed E-state index contributed by atoms with van der Waals surface area (Å²) < 4.78 is 5.67. The Kier molecular flexibility index (Phi) is 4.20. The van der Waals surface area contributed by atoms with Crippen LogP contribution in [-0.2, 0) is 0 Å². The van der Waals surface area contributed by atoms with Crippen LogP contribution in [0.3, 0.4) is 0 Å². The van der Waals surface area contributed by atoms with Crippen molar-refractivity contribution < 1.29 is 9.53 Å². The summed E-state index contributed by atoms with van der Waals surface area (Å²) in [6.45, 7) is 3.66. The molecule has 0 saturated heterocycles. The fourth-order valence-electron chi connectivity index (χ4n) is 1.74. The number of amides is 1. The van der Waals surface area contributed by atoms with Gasteiger partial charge in [0.2, 0.25) is 0 Å². The van der Waals surface area contributed by atoms with E-state index in [2.05, 4.69) is 12.2 Å². The van der Waals surface area contributed by atoms with E-state index in [4.69, 9.17) is 10.5 Å². The van der Waals surface area contributed by atoms with Crippen molar-refractivity contribution in [3.05, 3.63) is 29.8 Å². The molecule has 0 heterocycles. The van der Waals surface area contributed by atoms with Gasteiger partial charge in [0, 0.05) is 18.5 Å². The molecule has 1 aliphatic rings. The molecule has 1 atom stereocenters. The van der Waals surface area contributed by atoms with Crippen molar-refractivity contribution in [3.63, 3.8) is 0 Å². The Morgan fingerprint density at radius 1 is 1.50 bits per heavy atom. The van der Waals surface area contributed by atoms with E-state index in [1.165, 1.54) is 12.8 Å². The predicted molar refractivity (Wildman–Crippen MR) is 70.6 cm³/mol. The predicted octanol–water partition coefficient (Wildman–Crippen LogP) is 1.55. The van der Waals surface area contributed by atoms with Crippen molar-refractivity contribution in [2.45, 2.75) is 25.8 Å². The molecule has 0 aliphatic heterocycles. The van der Waals surface area contributed by atoms with Gasteiger partial charge in [0.05, 0.1) is 12.2 Å². The second-order valence-corrected chi connectivity index (χ2v) is 4.96. The molecule has 1 aliphatic carbocycles. The third-order valence-corrected chi connectivity index (χ3v) is 3.01. The maximum absolute atomic E-state index is 11.2. The minimum atomic E-state index is -0.450. The molecule has 2 rings (SSSR count). The lowest BCUT2D eigenvalue weighted by molar-refractivity contribution is 0.0995. The number of rotatable bonds is 7. The standard InChI is InChI=1S/C14H20N2O2/c1-10(8-16-11-6-7-11)9-18-13-5-3-2-4-12(13)14(15)17/h2-5,10-11,16H,6-9H2,1H3,(H2,15,17). The van der Waals surface area contributed by atoms with Crippen LogP contribution in [0.25, 0.3) is 0 Å². The highest BCUT2D eigenvalue weighted by atomic mass is 16.5. The van der Waals surface area contributed by atoms with Gasteiger partial charge in [-0.05, 0) is 25.0 Å². The van der Waals surface area contributed by atoms with Crippen LogP contribution < -0.4 is 15.8 Å². The molecule has 3 N–H and O–H groups in total. The van der Waals surface area contributed by atoms with E-state index < -0.39 is 5.91 Å². The Morgan fingerprint density at radius 3 is 2.89 bits per heavy atom. The molecule has 1 saturated carbocycles. The average Bonchev–Trinajstić information content (AvgIpc) is 3.18. The molecule has 1 fully saturated rings. The van der Waals surface area contributed by atoms with Crippen molar-refractivity contribution >= 4 is 5.91 Å². The van der Waals surface area contributed by atoms with Crippen molar-refractivity contribution in [2.24, 2.45) is 11.7 Å². The Labute approximate surface area is 108 Å². The van der Waals surface area contributed by atoms with E-state index in [1.54, 1.807) is 18.2 Å². The van der Waals surface area contributed by atoms with E-state index in [-0.39, 0.29) is 0 Å². The first kappa shape index (κ1) is 12.9. The topological polar surface area (TPSA) is 64.3 Å². The second kappa shape index (κ2) is 5.87. The molecule has 0 radical (unpaired) electrons. The minimum absolute atomic E-state index is 0.409. The van der Waals surface area contributed by atoms with Crippen LogP contribution in [0.2, 0.25) is 0 Å². The Balaban J connectivity index is 1.82. The lowest BCUT2D eigenvalue weighted by Gasteiger charge is -2.15. The summed E-state index contributed by atoms with van der Waals surface area (Å²) >= 11 is 0. The molecular weight excluding hydrogens is 228 g/mol. The summed E-state index contributed by atoms with van der Waals surface area (Å²) in [5.74, 6) is 0.532. The summed E-state index contributed by atoms with van der Waals surface area (Å²) in [5.41, 5.74) is 5.74. The number of benzene rings is 1. The van der Waals surface area contributed by atoms with Gasteiger partial charge in [0.25, 0.3) is 5.91 Å². The minimum Gasteiger partial charge on any atom is -0.492 e. The smallest absolute Gasteiger partial charge is 0.252 e. The maximum atomic E-state index is 11.2. The third kappa shape index (κ3) is 3.74. The van der Waals surface area contributed by atoms with Crippen LogP contribution >= 0.6 is 0 Å². The maximum Gasteiger partial charge on any atom is 0.252 e. The summed E-state index contributed by atoms with van der Waals surface area (Å²) in [7, 11) is 0. The normalized spacial score (nSPS) is 16.3. The summed E-state index contributed by atoms with van der Waals surface area (Å²) in [6.07, 6.45) is 2.58. The first-order valence-electron chi connectivity index (χ1n) is 6.42. The number of hydrogen-bond acceptors (Lipinski definition) is 3. The van der Waals surface area contributed by atoms with Crippen LogP contribution in [-0.4, -0.2) is 25.1 Å². The molecule has 1 aromatic rings. The molecule has 0 aromatic heterocycles. The van der Waals surface area contributed by atoms with Crippen molar-refractivity contribution in [1.82, 2.24) is 5.32 Å². The fraction of sp³-hybridized carbons (Fsp3) is 0.500. The van der Waals surface area contributed by atoms with Crippen molar-refractivity contribution in [1.29, 1.82) is 0 Å². The van der Waals surface area contributed by atoms with Crippen LogP contribution in [0, 0.1) is 5.92 Å². The number of ether oxygens (including phenoxy) is 1. The highest BCUT2D eigenvalue weighted by Crippen LogP contribution is 2.20. The van der Waals surface area contributed by atoms with E-state index in [0.29, 0.717) is 29.9 Å². The monoisotopic (exact) mass is 248 g/mol. The highest BCUT2D eigenvalue weighted by Gasteiger charge is 2.21. The zero-order valence-corrected chi connectivity index (χ0v) is 10.7. The molecule has 1 unspecified atom stereocenters. The molecule has 0 spiro atoms. The molecular formula is C14H20N2O2. The number of hydrogen-bond donors (Lipinski definition) is 2. The van der Waals surface area contributed by atoms with Crippen LogP contribution in [0.5, 0.6) is 5.75 Å². The number of primary amides is 1. The Hall–Kier alpha value is -1.55. The number of carbonyl (C=O) groups is 1. The molecule has 1 amide bonds. The van der Waals surface area contributed by atoms with Gasteiger partial charge in [-0.1, -0.05) is 19.1 Å². The van der Waals surface area contributed by atoms with Crippen molar-refractivity contribution in [2.75, 3.05) is 13.2 Å². The van der Waals surface area contributed by atoms with E-state index in [0.717, 1.165) is 6.54 Å². The van der Waals surface area contributed by atoms with Gasteiger partial charge < -0.3 is 15.8 Å². The second-order valence-electron chi connectivity index (χ2n) is 4.96. The SMILES string of the molecule is CC(CNC1CC1)COc1ccccc1C(N)=O. The molecule has 18 heavy (non-hydrogen) atoms. The lowest BCUT2D eigenvalue weighted by atomic mass is 10.1. The van der Waals surface area contributed by atoms with Gasteiger partial charge in [-0.25, -0.2) is 0 Å². The van der Waals surface area contributed by atoms with Crippen LogP contribution in [0.15, 0.2) is 24.3 Å². The lowest BCUT2D eigenvalue weighted by Crippen LogP contribution is -2.27. The largest absolute Gasteiger partial charge is 0.492 e. The van der Waals surface area contributed by atoms with Gasteiger partial charge >= 0.3 is 0 Å². The molecule has 98 valence electrons. The first-order chi connectivity index (χ1) is 8.66. The summed E-state index contributed by atoms with van der Waals surface area (Å²) in [4.78, 5) is 11.2. The number of nitrogens with two attached hydrogens (primary N) is 1. The van der Waals surface area contributed by atoms with Gasteiger partial charge in [0.15, 0.2) is 0 Å². The van der Waals surface area contributed by atoms with E-state index >= 15 is 0 Å². The third-order valence-electron chi connectivity index (χ3n) is 3.01. The Bertz CT molecular complexity index is 416. The first-order valence-corrected chi connectivity index (χ1v) is 6.42. The van der Waals surface area contributed by atoms with Gasteiger partial charge in [0.1, 0.15) is 5.75 Å².